The Labute approximate surface area is 121 Å². The Balaban J connectivity index is 2.13. The van der Waals surface area contributed by atoms with Crippen LogP contribution < -0.4 is 5.32 Å². The standard InChI is InChI=1S/C13H13ClN4S/c1-2-15-12-8-6-19-7-10(8)17-13(18-12)11-9(14)4-3-5-16-11/h3-5H,2,6-7H2,1H3,(H,15,17,18). The monoisotopic (exact) mass is 292 g/mol. The molecule has 0 aromatic carbocycles. The highest BCUT2D eigenvalue weighted by Crippen LogP contribution is 2.35. The summed E-state index contributed by atoms with van der Waals surface area (Å²) in [6, 6.07) is 3.61. The Morgan fingerprint density at radius 2 is 2.26 bits per heavy atom. The molecule has 3 rings (SSSR count). The number of nitrogens with zero attached hydrogens (tertiary/aromatic N) is 3. The van der Waals surface area contributed by atoms with E-state index in [1.54, 1.807) is 12.3 Å². The average Bonchev–Trinajstić information content (AvgIpc) is 2.88. The minimum Gasteiger partial charge on any atom is -0.370 e. The van der Waals surface area contributed by atoms with E-state index in [0.717, 1.165) is 29.6 Å². The van der Waals surface area contributed by atoms with Gasteiger partial charge in [0, 0.05) is 29.8 Å². The summed E-state index contributed by atoms with van der Waals surface area (Å²) < 4.78 is 0. The third kappa shape index (κ3) is 2.40. The van der Waals surface area contributed by atoms with Crippen LogP contribution in [0, 0.1) is 0 Å². The minimum atomic E-state index is 0.579. The van der Waals surface area contributed by atoms with Crippen LogP contribution >= 0.6 is 23.4 Å². The first kappa shape index (κ1) is 12.7. The first-order valence-corrected chi connectivity index (χ1v) is 7.65. The fourth-order valence-electron chi connectivity index (χ4n) is 2.02. The SMILES string of the molecule is CCNc1nc(-c2ncccc2Cl)nc2c1CSC2. The quantitative estimate of drug-likeness (QED) is 0.940. The summed E-state index contributed by atoms with van der Waals surface area (Å²) >= 11 is 8.03. The van der Waals surface area contributed by atoms with Gasteiger partial charge in [-0.25, -0.2) is 9.97 Å². The third-order valence-electron chi connectivity index (χ3n) is 2.89. The van der Waals surface area contributed by atoms with Gasteiger partial charge in [0.05, 0.1) is 10.7 Å². The van der Waals surface area contributed by atoms with E-state index in [-0.39, 0.29) is 0 Å². The van der Waals surface area contributed by atoms with Crippen LogP contribution in [0.5, 0.6) is 0 Å². The van der Waals surface area contributed by atoms with Crippen LogP contribution in [0.1, 0.15) is 18.2 Å². The van der Waals surface area contributed by atoms with Crippen LogP contribution in [0.15, 0.2) is 18.3 Å². The van der Waals surface area contributed by atoms with Crippen LogP contribution in [0.3, 0.4) is 0 Å². The molecule has 1 aliphatic heterocycles. The molecular formula is C13H13ClN4S. The maximum Gasteiger partial charge on any atom is 0.182 e. The van der Waals surface area contributed by atoms with E-state index in [9.17, 15) is 0 Å². The molecule has 0 unspecified atom stereocenters. The fourth-order valence-corrected chi connectivity index (χ4v) is 3.27. The van der Waals surface area contributed by atoms with E-state index >= 15 is 0 Å². The zero-order valence-corrected chi connectivity index (χ0v) is 12.1. The molecular weight excluding hydrogens is 280 g/mol. The maximum atomic E-state index is 6.17. The molecule has 6 heteroatoms. The first-order valence-electron chi connectivity index (χ1n) is 6.12. The molecule has 2 aromatic rings. The molecule has 4 nitrogen and oxygen atoms in total. The molecule has 98 valence electrons. The molecule has 0 amide bonds. The van der Waals surface area contributed by atoms with Gasteiger partial charge >= 0.3 is 0 Å². The largest absolute Gasteiger partial charge is 0.370 e. The molecule has 0 spiro atoms. The normalized spacial score (nSPS) is 13.4. The van der Waals surface area contributed by atoms with E-state index in [2.05, 4.69) is 27.2 Å². The van der Waals surface area contributed by atoms with Crippen molar-refractivity contribution in [1.29, 1.82) is 0 Å². The first-order chi connectivity index (χ1) is 9.29. The zero-order valence-electron chi connectivity index (χ0n) is 10.5. The van der Waals surface area contributed by atoms with Gasteiger partial charge in [-0.2, -0.15) is 11.8 Å². The number of hydrogen-bond acceptors (Lipinski definition) is 5. The number of thioether (sulfide) groups is 1. The predicted molar refractivity (Wildman–Crippen MR) is 79.4 cm³/mol. The lowest BCUT2D eigenvalue weighted by Gasteiger charge is -2.10. The molecule has 1 N–H and O–H groups in total. The highest BCUT2D eigenvalue weighted by molar-refractivity contribution is 7.98. The summed E-state index contributed by atoms with van der Waals surface area (Å²) in [5.74, 6) is 3.40. The Morgan fingerprint density at radius 3 is 3.05 bits per heavy atom. The number of fused-ring (bicyclic) bond motifs is 1. The second-order valence-electron chi connectivity index (χ2n) is 4.18. The van der Waals surface area contributed by atoms with Crippen molar-refractivity contribution >= 4 is 29.2 Å². The molecule has 0 saturated heterocycles. The van der Waals surface area contributed by atoms with Gasteiger partial charge in [0.15, 0.2) is 5.82 Å². The lowest BCUT2D eigenvalue weighted by molar-refractivity contribution is 1.04. The Morgan fingerprint density at radius 1 is 1.37 bits per heavy atom. The second kappa shape index (κ2) is 5.35. The Kier molecular flexibility index (Phi) is 3.57. The molecule has 2 aromatic heterocycles. The summed E-state index contributed by atoms with van der Waals surface area (Å²) in [5.41, 5.74) is 2.94. The maximum absolute atomic E-state index is 6.17. The number of hydrogen-bond donors (Lipinski definition) is 1. The van der Waals surface area contributed by atoms with Crippen molar-refractivity contribution in [3.05, 3.63) is 34.6 Å². The van der Waals surface area contributed by atoms with E-state index in [4.69, 9.17) is 11.6 Å². The summed E-state index contributed by atoms with van der Waals surface area (Å²) in [5, 5.41) is 3.88. The second-order valence-corrected chi connectivity index (χ2v) is 5.57. The number of halogens is 1. The number of nitrogens with one attached hydrogen (secondary N) is 1. The predicted octanol–water partition coefficient (Wildman–Crippen LogP) is 3.37. The van der Waals surface area contributed by atoms with Gasteiger partial charge < -0.3 is 5.32 Å². The van der Waals surface area contributed by atoms with Crippen molar-refractivity contribution in [3.63, 3.8) is 0 Å². The molecule has 0 aliphatic carbocycles. The summed E-state index contributed by atoms with van der Waals surface area (Å²) in [4.78, 5) is 13.5. The molecule has 0 saturated carbocycles. The van der Waals surface area contributed by atoms with Crippen LogP contribution in [0.4, 0.5) is 5.82 Å². The van der Waals surface area contributed by atoms with Gasteiger partial charge in [-0.05, 0) is 19.1 Å². The van der Waals surface area contributed by atoms with Gasteiger partial charge in [-0.15, -0.1) is 0 Å². The van der Waals surface area contributed by atoms with E-state index in [1.807, 2.05) is 17.8 Å². The highest BCUT2D eigenvalue weighted by atomic mass is 35.5. The van der Waals surface area contributed by atoms with Crippen molar-refractivity contribution in [2.75, 3.05) is 11.9 Å². The van der Waals surface area contributed by atoms with Gasteiger partial charge in [0.2, 0.25) is 0 Å². The van der Waals surface area contributed by atoms with Gasteiger partial charge in [0.25, 0.3) is 0 Å². The lowest BCUT2D eigenvalue weighted by Crippen LogP contribution is -2.07. The van der Waals surface area contributed by atoms with Crippen molar-refractivity contribution in [2.24, 2.45) is 0 Å². The average molecular weight is 293 g/mol. The highest BCUT2D eigenvalue weighted by Gasteiger charge is 2.21. The van der Waals surface area contributed by atoms with Gasteiger partial charge in [-0.1, -0.05) is 11.6 Å². The fraction of sp³-hybridized carbons (Fsp3) is 0.308. The van der Waals surface area contributed by atoms with Crippen molar-refractivity contribution in [1.82, 2.24) is 15.0 Å². The molecule has 0 radical (unpaired) electrons. The smallest absolute Gasteiger partial charge is 0.182 e. The summed E-state index contributed by atoms with van der Waals surface area (Å²) in [7, 11) is 0. The number of pyridine rings is 1. The molecule has 0 bridgehead atoms. The lowest BCUT2D eigenvalue weighted by atomic mass is 10.2. The van der Waals surface area contributed by atoms with Gasteiger partial charge in [-0.3, -0.25) is 4.98 Å². The van der Waals surface area contributed by atoms with Gasteiger partial charge in [0.1, 0.15) is 11.5 Å². The van der Waals surface area contributed by atoms with Crippen LogP contribution in [-0.4, -0.2) is 21.5 Å². The molecule has 1 aliphatic rings. The van der Waals surface area contributed by atoms with E-state index in [0.29, 0.717) is 16.5 Å². The Bertz CT molecular complexity index is 618. The van der Waals surface area contributed by atoms with Crippen LogP contribution in [-0.2, 0) is 11.5 Å². The van der Waals surface area contributed by atoms with Crippen molar-refractivity contribution in [3.8, 4) is 11.5 Å². The van der Waals surface area contributed by atoms with E-state index < -0.39 is 0 Å². The number of aromatic nitrogens is 3. The Hall–Kier alpha value is -1.33. The molecule has 3 heterocycles. The van der Waals surface area contributed by atoms with Crippen molar-refractivity contribution in [2.45, 2.75) is 18.4 Å². The summed E-state index contributed by atoms with van der Waals surface area (Å²) in [6.45, 7) is 2.90. The van der Waals surface area contributed by atoms with Crippen molar-refractivity contribution < 1.29 is 0 Å². The topological polar surface area (TPSA) is 50.7 Å². The summed E-state index contributed by atoms with van der Waals surface area (Å²) in [6.07, 6.45) is 1.71. The van der Waals surface area contributed by atoms with Crippen LogP contribution in [0.25, 0.3) is 11.5 Å². The molecule has 0 atom stereocenters. The van der Waals surface area contributed by atoms with E-state index in [1.165, 1.54) is 5.56 Å². The number of rotatable bonds is 3. The third-order valence-corrected chi connectivity index (χ3v) is 4.17. The minimum absolute atomic E-state index is 0.579. The van der Waals surface area contributed by atoms with Crippen LogP contribution in [0.2, 0.25) is 5.02 Å². The molecule has 19 heavy (non-hydrogen) atoms. The zero-order chi connectivity index (χ0) is 13.2. The number of anilines is 1. The molecule has 0 fully saturated rings.